The molecule has 0 saturated heterocycles. The van der Waals surface area contributed by atoms with Crippen LogP contribution in [0.4, 0.5) is 5.69 Å². The smallest absolute Gasteiger partial charge is 0.269 e. The number of aromatic nitrogens is 2. The van der Waals surface area contributed by atoms with Crippen molar-refractivity contribution in [1.29, 1.82) is 0 Å². The van der Waals surface area contributed by atoms with Crippen molar-refractivity contribution in [2.24, 2.45) is 0 Å². The van der Waals surface area contributed by atoms with Gasteiger partial charge in [-0.1, -0.05) is 72.3 Å². The molecule has 5 rings (SSSR count). The Morgan fingerprint density at radius 3 is 2.12 bits per heavy atom. The van der Waals surface area contributed by atoms with Crippen molar-refractivity contribution in [3.8, 4) is 28.1 Å². The van der Waals surface area contributed by atoms with Crippen LogP contribution >= 0.6 is 22.9 Å². The molecule has 0 fully saturated rings. The van der Waals surface area contributed by atoms with E-state index in [1.54, 1.807) is 24.3 Å². The number of amides is 1. The molecule has 0 aliphatic heterocycles. The van der Waals surface area contributed by atoms with Gasteiger partial charge in [-0.15, -0.1) is 21.5 Å². The van der Waals surface area contributed by atoms with E-state index in [4.69, 9.17) is 11.6 Å². The van der Waals surface area contributed by atoms with Crippen molar-refractivity contribution in [2.75, 3.05) is 5.32 Å². The molecule has 2 heterocycles. The molecular weight excluding hydrogens is 442 g/mol. The minimum absolute atomic E-state index is 0.109. The molecule has 0 aliphatic rings. The topological polar surface area (TPSA) is 75.1 Å². The standard InChI is InChI=1S/C25H16ClN3O2S/c26-17-11-13-18(14-12-17)27-24(31)23-22(30)20-19(15-7-3-1-4-8-15)21(28-29-25(20)32-23)16-9-5-2-6-10-16/h1-14,30H,(H,27,31). The molecule has 5 nitrogen and oxygen atoms in total. The van der Waals surface area contributed by atoms with E-state index in [1.165, 1.54) is 0 Å². The molecule has 156 valence electrons. The number of rotatable bonds is 4. The SMILES string of the molecule is O=C(Nc1ccc(Cl)cc1)c1sc2nnc(-c3ccccc3)c(-c3ccccc3)c2c1O. The number of thiophene rings is 1. The highest BCUT2D eigenvalue weighted by molar-refractivity contribution is 7.21. The van der Waals surface area contributed by atoms with Crippen molar-refractivity contribution in [2.45, 2.75) is 0 Å². The second-order valence-corrected chi connectivity index (χ2v) is 8.51. The Morgan fingerprint density at radius 2 is 1.47 bits per heavy atom. The Kier molecular flexibility index (Phi) is 5.31. The second kappa shape index (κ2) is 8.42. The fourth-order valence-electron chi connectivity index (χ4n) is 3.53. The molecule has 0 spiro atoms. The molecule has 0 atom stereocenters. The van der Waals surface area contributed by atoms with Crippen LogP contribution < -0.4 is 5.32 Å². The van der Waals surface area contributed by atoms with E-state index in [1.807, 2.05) is 60.7 Å². The Labute approximate surface area is 193 Å². The number of carbonyl (C=O) groups is 1. The number of hydrogen-bond donors (Lipinski definition) is 2. The van der Waals surface area contributed by atoms with Crippen LogP contribution in [0.25, 0.3) is 32.6 Å². The van der Waals surface area contributed by atoms with E-state index >= 15 is 0 Å². The van der Waals surface area contributed by atoms with Gasteiger partial charge >= 0.3 is 0 Å². The van der Waals surface area contributed by atoms with Crippen LogP contribution in [0.1, 0.15) is 9.67 Å². The number of benzene rings is 3. The predicted molar refractivity (Wildman–Crippen MR) is 129 cm³/mol. The highest BCUT2D eigenvalue weighted by Gasteiger charge is 2.25. The number of carbonyl (C=O) groups excluding carboxylic acids is 1. The lowest BCUT2D eigenvalue weighted by Gasteiger charge is -2.10. The number of nitrogens with zero attached hydrogens (tertiary/aromatic N) is 2. The minimum atomic E-state index is -0.423. The molecule has 0 radical (unpaired) electrons. The van der Waals surface area contributed by atoms with Gasteiger partial charge in [0.2, 0.25) is 0 Å². The lowest BCUT2D eigenvalue weighted by molar-refractivity contribution is 0.102. The van der Waals surface area contributed by atoms with Gasteiger partial charge in [-0.05, 0) is 29.8 Å². The van der Waals surface area contributed by atoms with Crippen LogP contribution in [0.15, 0.2) is 84.9 Å². The summed E-state index contributed by atoms with van der Waals surface area (Å²) >= 11 is 7.02. The molecule has 0 unspecified atom stereocenters. The summed E-state index contributed by atoms with van der Waals surface area (Å²) in [5, 5.41) is 23.8. The van der Waals surface area contributed by atoms with Gasteiger partial charge in [0, 0.05) is 21.8 Å². The van der Waals surface area contributed by atoms with E-state index in [0.29, 0.717) is 26.6 Å². The summed E-state index contributed by atoms with van der Waals surface area (Å²) in [5.41, 5.74) is 3.71. The Balaban J connectivity index is 1.68. The Bertz CT molecular complexity index is 1420. The van der Waals surface area contributed by atoms with Gasteiger partial charge in [-0.2, -0.15) is 0 Å². The summed E-state index contributed by atoms with van der Waals surface area (Å²) in [6.45, 7) is 0. The van der Waals surface area contributed by atoms with E-state index in [9.17, 15) is 9.90 Å². The van der Waals surface area contributed by atoms with Crippen LogP contribution in [-0.4, -0.2) is 21.2 Å². The predicted octanol–water partition coefficient (Wildman–Crippen LogP) is 6.64. The van der Waals surface area contributed by atoms with Crippen LogP contribution in [0.2, 0.25) is 5.02 Å². The first-order chi connectivity index (χ1) is 15.6. The molecule has 1 amide bonds. The first-order valence-corrected chi connectivity index (χ1v) is 11.0. The molecule has 5 aromatic rings. The van der Waals surface area contributed by atoms with Crippen molar-refractivity contribution < 1.29 is 9.90 Å². The van der Waals surface area contributed by atoms with Crippen LogP contribution in [0.5, 0.6) is 5.75 Å². The zero-order valence-corrected chi connectivity index (χ0v) is 18.2. The van der Waals surface area contributed by atoms with Gasteiger partial charge in [-0.3, -0.25) is 4.79 Å². The third-order valence-electron chi connectivity index (χ3n) is 5.01. The number of fused-ring (bicyclic) bond motifs is 1. The van der Waals surface area contributed by atoms with E-state index in [2.05, 4.69) is 15.5 Å². The normalized spacial score (nSPS) is 10.9. The Hall–Kier alpha value is -3.74. The number of aromatic hydroxyl groups is 1. The molecular formula is C25H16ClN3O2S. The number of nitrogens with one attached hydrogen (secondary N) is 1. The fraction of sp³-hybridized carbons (Fsp3) is 0. The summed E-state index contributed by atoms with van der Waals surface area (Å²) < 4.78 is 0. The van der Waals surface area contributed by atoms with Gasteiger partial charge in [0.15, 0.2) is 4.83 Å². The lowest BCUT2D eigenvalue weighted by atomic mass is 9.97. The molecule has 0 saturated carbocycles. The van der Waals surface area contributed by atoms with E-state index in [-0.39, 0.29) is 10.6 Å². The maximum Gasteiger partial charge on any atom is 0.269 e. The maximum absolute atomic E-state index is 13.0. The second-order valence-electron chi connectivity index (χ2n) is 7.08. The summed E-state index contributed by atoms with van der Waals surface area (Å²) in [4.78, 5) is 13.6. The third-order valence-corrected chi connectivity index (χ3v) is 6.32. The lowest BCUT2D eigenvalue weighted by Crippen LogP contribution is -2.10. The molecule has 32 heavy (non-hydrogen) atoms. The molecule has 3 aromatic carbocycles. The van der Waals surface area contributed by atoms with Gasteiger partial charge in [-0.25, -0.2) is 0 Å². The molecule has 7 heteroatoms. The van der Waals surface area contributed by atoms with Crippen LogP contribution in [-0.2, 0) is 0 Å². The summed E-state index contributed by atoms with van der Waals surface area (Å²) in [6.07, 6.45) is 0. The van der Waals surface area contributed by atoms with Gasteiger partial charge in [0.25, 0.3) is 5.91 Å². The van der Waals surface area contributed by atoms with Gasteiger partial charge < -0.3 is 10.4 Å². The average molecular weight is 458 g/mol. The van der Waals surface area contributed by atoms with Gasteiger partial charge in [0.1, 0.15) is 16.3 Å². The van der Waals surface area contributed by atoms with Crippen LogP contribution in [0, 0.1) is 0 Å². The monoisotopic (exact) mass is 457 g/mol. The third kappa shape index (κ3) is 3.70. The van der Waals surface area contributed by atoms with Crippen molar-refractivity contribution in [1.82, 2.24) is 10.2 Å². The summed E-state index contributed by atoms with van der Waals surface area (Å²) in [6, 6.07) is 26.1. The van der Waals surface area contributed by atoms with E-state index in [0.717, 1.165) is 28.0 Å². The van der Waals surface area contributed by atoms with Crippen molar-refractivity contribution >= 4 is 44.7 Å². The number of anilines is 1. The zero-order chi connectivity index (χ0) is 22.1. The minimum Gasteiger partial charge on any atom is -0.505 e. The summed E-state index contributed by atoms with van der Waals surface area (Å²) in [7, 11) is 0. The number of hydrogen-bond acceptors (Lipinski definition) is 5. The first kappa shape index (κ1) is 20.2. The quantitative estimate of drug-likeness (QED) is 0.317. The fourth-order valence-corrected chi connectivity index (χ4v) is 4.57. The highest BCUT2D eigenvalue weighted by atomic mass is 35.5. The summed E-state index contributed by atoms with van der Waals surface area (Å²) in [5.74, 6) is -0.532. The maximum atomic E-state index is 13.0. The van der Waals surface area contributed by atoms with Crippen LogP contribution in [0.3, 0.4) is 0 Å². The zero-order valence-electron chi connectivity index (χ0n) is 16.6. The average Bonchev–Trinajstić information content (AvgIpc) is 3.18. The molecule has 0 bridgehead atoms. The largest absolute Gasteiger partial charge is 0.505 e. The Morgan fingerprint density at radius 1 is 0.844 bits per heavy atom. The molecule has 0 aliphatic carbocycles. The van der Waals surface area contributed by atoms with E-state index < -0.39 is 5.91 Å². The number of halogens is 1. The highest BCUT2D eigenvalue weighted by Crippen LogP contribution is 2.45. The van der Waals surface area contributed by atoms with Gasteiger partial charge in [0.05, 0.1) is 5.39 Å². The van der Waals surface area contributed by atoms with Crippen molar-refractivity contribution in [3.05, 3.63) is 94.8 Å². The van der Waals surface area contributed by atoms with Crippen molar-refractivity contribution in [3.63, 3.8) is 0 Å². The first-order valence-electron chi connectivity index (χ1n) is 9.81. The molecule has 2 N–H and O–H groups in total. The molecule has 2 aromatic heterocycles.